The first-order valence-corrected chi connectivity index (χ1v) is 3.32. The largest absolute Gasteiger partial charge is 0.384 e. The summed E-state index contributed by atoms with van der Waals surface area (Å²) in [6.45, 7) is 1.92. The Balaban J connectivity index is 3.05. The van der Waals surface area contributed by atoms with Gasteiger partial charge in [-0.2, -0.15) is 5.26 Å². The number of nitrogens with two attached hydrogens (primary N) is 1. The second-order valence-corrected chi connectivity index (χ2v) is 2.37. The van der Waals surface area contributed by atoms with Gasteiger partial charge in [0.05, 0.1) is 12.5 Å². The van der Waals surface area contributed by atoms with Gasteiger partial charge in [0.2, 0.25) is 0 Å². The molecule has 0 fully saturated rings. The van der Waals surface area contributed by atoms with Crippen LogP contribution in [0, 0.1) is 18.3 Å². The van der Waals surface area contributed by atoms with Crippen LogP contribution in [-0.4, -0.2) is 4.98 Å². The third-order valence-corrected chi connectivity index (χ3v) is 1.51. The molecule has 0 saturated heterocycles. The predicted octanol–water partition coefficient (Wildman–Crippen LogP) is 1.04. The average Bonchev–Trinajstić information content (AvgIpc) is 1.98. The molecule has 0 aliphatic rings. The van der Waals surface area contributed by atoms with Crippen molar-refractivity contribution in [3.63, 3.8) is 0 Å². The first kappa shape index (κ1) is 7.55. The van der Waals surface area contributed by atoms with Crippen LogP contribution >= 0.6 is 0 Å². The quantitative estimate of drug-likeness (QED) is 0.645. The molecule has 0 amide bonds. The molecule has 0 aliphatic carbocycles. The maximum Gasteiger partial charge on any atom is 0.123 e. The van der Waals surface area contributed by atoms with E-state index in [4.69, 9.17) is 11.0 Å². The van der Waals surface area contributed by atoms with Crippen LogP contribution in [0.4, 0.5) is 5.82 Å². The Bertz CT molecular complexity index is 299. The van der Waals surface area contributed by atoms with Gasteiger partial charge >= 0.3 is 0 Å². The summed E-state index contributed by atoms with van der Waals surface area (Å²) in [5, 5.41) is 8.42. The number of hydrogen-bond acceptors (Lipinski definition) is 3. The molecule has 0 aromatic carbocycles. The molecular formula is C8H9N3. The zero-order valence-corrected chi connectivity index (χ0v) is 6.33. The van der Waals surface area contributed by atoms with Crippen LogP contribution in [0.1, 0.15) is 11.1 Å². The summed E-state index contributed by atoms with van der Waals surface area (Å²) in [5.74, 6) is 0.473. The van der Waals surface area contributed by atoms with Gasteiger partial charge in [0.25, 0.3) is 0 Å². The van der Waals surface area contributed by atoms with Gasteiger partial charge < -0.3 is 5.73 Å². The fourth-order valence-corrected chi connectivity index (χ4v) is 0.860. The highest BCUT2D eigenvalue weighted by atomic mass is 14.8. The Morgan fingerprint density at radius 1 is 1.73 bits per heavy atom. The molecule has 0 saturated carbocycles. The van der Waals surface area contributed by atoms with Crippen molar-refractivity contribution in [2.75, 3.05) is 5.73 Å². The summed E-state index contributed by atoms with van der Waals surface area (Å²) in [4.78, 5) is 3.89. The maximum absolute atomic E-state index is 8.42. The molecule has 1 aromatic heterocycles. The lowest BCUT2D eigenvalue weighted by molar-refractivity contribution is 1.16. The van der Waals surface area contributed by atoms with E-state index in [0.29, 0.717) is 12.2 Å². The number of rotatable bonds is 1. The third kappa shape index (κ3) is 1.68. The minimum Gasteiger partial charge on any atom is -0.384 e. The maximum atomic E-state index is 8.42. The highest BCUT2D eigenvalue weighted by molar-refractivity contribution is 5.37. The third-order valence-electron chi connectivity index (χ3n) is 1.51. The van der Waals surface area contributed by atoms with Crippen molar-refractivity contribution in [3.8, 4) is 6.07 Å². The number of aryl methyl sites for hydroxylation is 1. The van der Waals surface area contributed by atoms with Gasteiger partial charge in [-0.15, -0.1) is 0 Å². The van der Waals surface area contributed by atoms with Gasteiger partial charge in [0.1, 0.15) is 5.82 Å². The summed E-state index contributed by atoms with van der Waals surface area (Å²) >= 11 is 0. The van der Waals surface area contributed by atoms with Gasteiger partial charge in [-0.3, -0.25) is 0 Å². The smallest absolute Gasteiger partial charge is 0.123 e. The highest BCUT2D eigenvalue weighted by Gasteiger charge is 1.97. The Hall–Kier alpha value is -1.56. The molecule has 11 heavy (non-hydrogen) atoms. The number of aromatic nitrogens is 1. The molecule has 56 valence electrons. The van der Waals surface area contributed by atoms with Gasteiger partial charge in [-0.1, -0.05) is 0 Å². The van der Waals surface area contributed by atoms with Crippen LogP contribution in [0.3, 0.4) is 0 Å². The lowest BCUT2D eigenvalue weighted by atomic mass is 10.1. The van der Waals surface area contributed by atoms with E-state index in [2.05, 4.69) is 11.1 Å². The first-order valence-electron chi connectivity index (χ1n) is 3.32. The molecule has 2 N–H and O–H groups in total. The van der Waals surface area contributed by atoms with Crippen LogP contribution in [0.25, 0.3) is 0 Å². The van der Waals surface area contributed by atoms with E-state index in [-0.39, 0.29) is 0 Å². The number of pyridine rings is 1. The number of nitrogen functional groups attached to an aromatic ring is 1. The van der Waals surface area contributed by atoms with E-state index in [1.54, 1.807) is 12.3 Å². The lowest BCUT2D eigenvalue weighted by Crippen LogP contribution is -1.94. The Labute approximate surface area is 65.5 Å². The summed E-state index contributed by atoms with van der Waals surface area (Å²) < 4.78 is 0. The highest BCUT2D eigenvalue weighted by Crippen LogP contribution is 2.09. The van der Waals surface area contributed by atoms with Crippen molar-refractivity contribution in [1.82, 2.24) is 4.98 Å². The average molecular weight is 147 g/mol. The summed E-state index contributed by atoms with van der Waals surface area (Å²) in [7, 11) is 0. The van der Waals surface area contributed by atoms with Crippen molar-refractivity contribution in [1.29, 1.82) is 5.26 Å². The van der Waals surface area contributed by atoms with Crippen LogP contribution in [0.15, 0.2) is 12.3 Å². The molecule has 1 aromatic rings. The summed E-state index contributed by atoms with van der Waals surface area (Å²) in [5.41, 5.74) is 7.41. The molecule has 0 atom stereocenters. The van der Waals surface area contributed by atoms with Crippen molar-refractivity contribution >= 4 is 5.82 Å². The van der Waals surface area contributed by atoms with Crippen molar-refractivity contribution in [2.24, 2.45) is 0 Å². The van der Waals surface area contributed by atoms with Crippen molar-refractivity contribution in [2.45, 2.75) is 13.3 Å². The standard InChI is InChI=1S/C8H9N3/c1-6-5-11-8(10)4-7(6)2-3-9/h4-5H,2H2,1H3,(H2,10,11). The molecule has 3 heteroatoms. The van der Waals surface area contributed by atoms with Crippen molar-refractivity contribution < 1.29 is 0 Å². The van der Waals surface area contributed by atoms with Crippen LogP contribution in [0.2, 0.25) is 0 Å². The zero-order chi connectivity index (χ0) is 8.27. The van der Waals surface area contributed by atoms with Gasteiger partial charge in [0, 0.05) is 6.20 Å². The molecule has 0 radical (unpaired) electrons. The molecule has 3 nitrogen and oxygen atoms in total. The Morgan fingerprint density at radius 2 is 2.45 bits per heavy atom. The van der Waals surface area contributed by atoms with Gasteiger partial charge in [0.15, 0.2) is 0 Å². The van der Waals surface area contributed by atoms with Crippen LogP contribution in [-0.2, 0) is 6.42 Å². The molecule has 0 spiro atoms. The number of anilines is 1. The topological polar surface area (TPSA) is 62.7 Å². The van der Waals surface area contributed by atoms with E-state index >= 15 is 0 Å². The Kier molecular flexibility index (Phi) is 2.07. The molecule has 0 aliphatic heterocycles. The SMILES string of the molecule is Cc1cnc(N)cc1CC#N. The van der Waals surface area contributed by atoms with Gasteiger partial charge in [-0.05, 0) is 24.1 Å². The lowest BCUT2D eigenvalue weighted by Gasteiger charge is -2.00. The number of nitriles is 1. The van der Waals surface area contributed by atoms with Gasteiger partial charge in [-0.25, -0.2) is 4.98 Å². The minimum absolute atomic E-state index is 0.401. The molecule has 1 heterocycles. The number of nitrogens with zero attached hydrogens (tertiary/aromatic N) is 2. The fourth-order valence-electron chi connectivity index (χ4n) is 0.860. The van der Waals surface area contributed by atoms with E-state index in [1.807, 2.05) is 6.92 Å². The second-order valence-electron chi connectivity index (χ2n) is 2.37. The normalized spacial score (nSPS) is 9.09. The molecular weight excluding hydrogens is 138 g/mol. The van der Waals surface area contributed by atoms with Crippen molar-refractivity contribution in [3.05, 3.63) is 23.4 Å². The first-order chi connectivity index (χ1) is 5.24. The fraction of sp³-hybridized carbons (Fsp3) is 0.250. The Morgan fingerprint density at radius 3 is 3.09 bits per heavy atom. The van der Waals surface area contributed by atoms with E-state index in [0.717, 1.165) is 11.1 Å². The molecule has 0 unspecified atom stereocenters. The number of hydrogen-bond donors (Lipinski definition) is 1. The van der Waals surface area contributed by atoms with E-state index in [9.17, 15) is 0 Å². The predicted molar refractivity (Wildman–Crippen MR) is 42.7 cm³/mol. The van der Waals surface area contributed by atoms with E-state index < -0.39 is 0 Å². The zero-order valence-electron chi connectivity index (χ0n) is 6.33. The monoisotopic (exact) mass is 147 g/mol. The molecule has 0 bridgehead atoms. The minimum atomic E-state index is 0.401. The van der Waals surface area contributed by atoms with E-state index in [1.165, 1.54) is 0 Å². The van der Waals surface area contributed by atoms with Crippen LogP contribution in [0.5, 0.6) is 0 Å². The summed E-state index contributed by atoms with van der Waals surface area (Å²) in [6, 6.07) is 3.80. The second kappa shape index (κ2) is 3.02. The summed E-state index contributed by atoms with van der Waals surface area (Å²) in [6.07, 6.45) is 2.08. The van der Waals surface area contributed by atoms with Crippen LogP contribution < -0.4 is 5.73 Å². The molecule has 1 rings (SSSR count).